The summed E-state index contributed by atoms with van der Waals surface area (Å²) in [6.45, 7) is 3.45. The molecule has 0 saturated carbocycles. The van der Waals surface area contributed by atoms with Crippen LogP contribution in [0.25, 0.3) is 11.3 Å². The molecule has 25 heavy (non-hydrogen) atoms. The Balaban J connectivity index is 1.97. The molecular weight excluding hydrogens is 338 g/mol. The molecule has 0 aliphatic heterocycles. The van der Waals surface area contributed by atoms with Crippen LogP contribution in [0.15, 0.2) is 58.0 Å². The fourth-order valence-corrected chi connectivity index (χ4v) is 3.69. The van der Waals surface area contributed by atoms with E-state index in [0.29, 0.717) is 34.0 Å². The molecule has 7 heteroatoms. The van der Waals surface area contributed by atoms with Gasteiger partial charge in [-0.2, -0.15) is 5.26 Å². The van der Waals surface area contributed by atoms with Crippen molar-refractivity contribution in [2.45, 2.75) is 18.7 Å². The molecule has 0 fully saturated rings. The first-order valence-corrected chi connectivity index (χ1v) is 8.94. The first kappa shape index (κ1) is 16.7. The van der Waals surface area contributed by atoms with Crippen LogP contribution in [-0.2, 0) is 10.0 Å². The van der Waals surface area contributed by atoms with Crippen LogP contribution in [0.4, 0.5) is 5.69 Å². The molecule has 0 aliphatic rings. The van der Waals surface area contributed by atoms with E-state index in [1.165, 1.54) is 0 Å². The van der Waals surface area contributed by atoms with Gasteiger partial charge in [0.05, 0.1) is 22.7 Å². The first-order chi connectivity index (χ1) is 11.9. The maximum atomic E-state index is 12.7. The standard InChI is InChI=1S/C18H15N3O3S/c1-12-3-6-15(17-11-20-13(2)24-17)9-18(12)25(22,23)21-16-7-4-14(10-19)5-8-16/h3-9,11,21H,1-2H3. The number of nitriles is 1. The monoisotopic (exact) mass is 353 g/mol. The molecule has 0 spiro atoms. The number of oxazole rings is 1. The van der Waals surface area contributed by atoms with E-state index in [1.54, 1.807) is 62.5 Å². The van der Waals surface area contributed by atoms with E-state index in [-0.39, 0.29) is 4.90 Å². The molecule has 1 N–H and O–H groups in total. The Hall–Kier alpha value is -3.11. The van der Waals surface area contributed by atoms with Gasteiger partial charge in [0.2, 0.25) is 0 Å². The Bertz CT molecular complexity index is 1060. The highest BCUT2D eigenvalue weighted by atomic mass is 32.2. The van der Waals surface area contributed by atoms with Crippen molar-refractivity contribution in [2.24, 2.45) is 0 Å². The Morgan fingerprint density at radius 2 is 1.84 bits per heavy atom. The van der Waals surface area contributed by atoms with Gasteiger partial charge in [0, 0.05) is 18.2 Å². The zero-order valence-corrected chi connectivity index (χ0v) is 14.5. The number of aryl methyl sites for hydroxylation is 2. The lowest BCUT2D eigenvalue weighted by molar-refractivity contribution is 0.534. The van der Waals surface area contributed by atoms with Crippen LogP contribution in [0.3, 0.4) is 0 Å². The molecule has 1 aromatic heterocycles. The molecule has 126 valence electrons. The Morgan fingerprint density at radius 1 is 1.12 bits per heavy atom. The summed E-state index contributed by atoms with van der Waals surface area (Å²) in [5.74, 6) is 1.02. The van der Waals surface area contributed by atoms with Crippen molar-refractivity contribution in [3.05, 3.63) is 65.7 Å². The van der Waals surface area contributed by atoms with Crippen LogP contribution < -0.4 is 4.72 Å². The summed E-state index contributed by atoms with van der Waals surface area (Å²) in [5, 5.41) is 8.81. The topological polar surface area (TPSA) is 96.0 Å². The number of hydrogen-bond acceptors (Lipinski definition) is 5. The van der Waals surface area contributed by atoms with E-state index in [4.69, 9.17) is 9.68 Å². The summed E-state index contributed by atoms with van der Waals surface area (Å²) in [7, 11) is -3.78. The summed E-state index contributed by atoms with van der Waals surface area (Å²) in [5.41, 5.74) is 2.09. The van der Waals surface area contributed by atoms with Crippen LogP contribution in [0, 0.1) is 25.2 Å². The average Bonchev–Trinajstić information content (AvgIpc) is 3.02. The van der Waals surface area contributed by atoms with E-state index >= 15 is 0 Å². The van der Waals surface area contributed by atoms with Crippen molar-refractivity contribution >= 4 is 15.7 Å². The van der Waals surface area contributed by atoms with Crippen LogP contribution in [-0.4, -0.2) is 13.4 Å². The molecule has 1 heterocycles. The summed E-state index contributed by atoms with van der Waals surface area (Å²) in [6.07, 6.45) is 1.56. The largest absolute Gasteiger partial charge is 0.441 e. The predicted molar refractivity (Wildman–Crippen MR) is 93.4 cm³/mol. The van der Waals surface area contributed by atoms with Crippen molar-refractivity contribution in [2.75, 3.05) is 4.72 Å². The highest BCUT2D eigenvalue weighted by Crippen LogP contribution is 2.27. The Kier molecular flexibility index (Phi) is 4.30. The number of nitrogens with one attached hydrogen (secondary N) is 1. The quantitative estimate of drug-likeness (QED) is 0.772. The number of sulfonamides is 1. The second kappa shape index (κ2) is 6.42. The number of benzene rings is 2. The van der Waals surface area contributed by atoms with Crippen molar-refractivity contribution in [1.82, 2.24) is 4.98 Å². The molecular formula is C18H15N3O3S. The number of hydrogen-bond donors (Lipinski definition) is 1. The fourth-order valence-electron chi connectivity index (χ4n) is 2.36. The second-order valence-electron chi connectivity index (χ2n) is 5.52. The SMILES string of the molecule is Cc1ncc(-c2ccc(C)c(S(=O)(=O)Nc3ccc(C#N)cc3)c2)o1. The number of anilines is 1. The normalized spacial score (nSPS) is 11.1. The smallest absolute Gasteiger partial charge is 0.262 e. The molecule has 3 rings (SSSR count). The highest BCUT2D eigenvalue weighted by Gasteiger charge is 2.19. The summed E-state index contributed by atoms with van der Waals surface area (Å²) >= 11 is 0. The maximum Gasteiger partial charge on any atom is 0.262 e. The zero-order valence-electron chi connectivity index (χ0n) is 13.6. The molecule has 2 aromatic carbocycles. The first-order valence-electron chi connectivity index (χ1n) is 7.45. The Labute approximate surface area is 145 Å². The molecule has 0 unspecified atom stereocenters. The van der Waals surface area contributed by atoms with E-state index in [9.17, 15) is 8.42 Å². The van der Waals surface area contributed by atoms with Gasteiger partial charge in [-0.1, -0.05) is 12.1 Å². The molecule has 3 aromatic rings. The van der Waals surface area contributed by atoms with Gasteiger partial charge in [0.1, 0.15) is 0 Å². The van der Waals surface area contributed by atoms with Crippen LogP contribution in [0.1, 0.15) is 17.0 Å². The van der Waals surface area contributed by atoms with E-state index in [2.05, 4.69) is 9.71 Å². The van der Waals surface area contributed by atoms with Gasteiger partial charge in [0.25, 0.3) is 10.0 Å². The maximum absolute atomic E-state index is 12.7. The van der Waals surface area contributed by atoms with E-state index in [1.807, 2.05) is 6.07 Å². The minimum atomic E-state index is -3.78. The summed E-state index contributed by atoms with van der Waals surface area (Å²) in [6, 6.07) is 13.3. The molecule has 0 bridgehead atoms. The van der Waals surface area contributed by atoms with Crippen molar-refractivity contribution in [3.8, 4) is 17.4 Å². The van der Waals surface area contributed by atoms with Crippen LogP contribution in [0.2, 0.25) is 0 Å². The third-order valence-corrected chi connectivity index (χ3v) is 5.17. The van der Waals surface area contributed by atoms with E-state index < -0.39 is 10.0 Å². The third-order valence-electron chi connectivity index (χ3n) is 3.65. The predicted octanol–water partition coefficient (Wildman–Crippen LogP) is 3.63. The van der Waals surface area contributed by atoms with Gasteiger partial charge in [-0.05, 0) is 42.8 Å². The molecule has 6 nitrogen and oxygen atoms in total. The van der Waals surface area contributed by atoms with Crippen molar-refractivity contribution in [3.63, 3.8) is 0 Å². The second-order valence-corrected chi connectivity index (χ2v) is 7.17. The number of aromatic nitrogens is 1. The molecule has 0 amide bonds. The van der Waals surface area contributed by atoms with Crippen LogP contribution in [0.5, 0.6) is 0 Å². The molecule has 0 atom stereocenters. The van der Waals surface area contributed by atoms with Gasteiger partial charge in [0.15, 0.2) is 11.7 Å². The minimum absolute atomic E-state index is 0.156. The summed E-state index contributed by atoms with van der Waals surface area (Å²) in [4.78, 5) is 4.19. The van der Waals surface area contributed by atoms with E-state index in [0.717, 1.165) is 0 Å². The van der Waals surface area contributed by atoms with Crippen molar-refractivity contribution < 1.29 is 12.8 Å². The average molecular weight is 353 g/mol. The lowest BCUT2D eigenvalue weighted by atomic mass is 10.1. The summed E-state index contributed by atoms with van der Waals surface area (Å²) < 4.78 is 33.5. The minimum Gasteiger partial charge on any atom is -0.441 e. The Morgan fingerprint density at radius 3 is 2.44 bits per heavy atom. The highest BCUT2D eigenvalue weighted by molar-refractivity contribution is 7.92. The third kappa shape index (κ3) is 3.54. The molecule has 0 radical (unpaired) electrons. The zero-order chi connectivity index (χ0) is 18.0. The van der Waals surface area contributed by atoms with Gasteiger partial charge in [-0.3, -0.25) is 4.72 Å². The van der Waals surface area contributed by atoms with Gasteiger partial charge in [-0.25, -0.2) is 13.4 Å². The van der Waals surface area contributed by atoms with Gasteiger partial charge < -0.3 is 4.42 Å². The number of rotatable bonds is 4. The lowest BCUT2D eigenvalue weighted by Gasteiger charge is -2.11. The molecule has 0 saturated heterocycles. The number of nitrogens with zero attached hydrogens (tertiary/aromatic N) is 2. The molecule has 0 aliphatic carbocycles. The van der Waals surface area contributed by atoms with Gasteiger partial charge >= 0.3 is 0 Å². The lowest BCUT2D eigenvalue weighted by Crippen LogP contribution is -2.14. The fraction of sp³-hybridized carbons (Fsp3) is 0.111. The van der Waals surface area contributed by atoms with Gasteiger partial charge in [-0.15, -0.1) is 0 Å². The van der Waals surface area contributed by atoms with Crippen LogP contribution >= 0.6 is 0 Å². The van der Waals surface area contributed by atoms with Crippen molar-refractivity contribution in [1.29, 1.82) is 5.26 Å².